The Balaban J connectivity index is 2.41. The van der Waals surface area contributed by atoms with Crippen molar-refractivity contribution in [1.82, 2.24) is 9.97 Å². The van der Waals surface area contributed by atoms with Crippen LogP contribution >= 0.6 is 0 Å². The van der Waals surface area contributed by atoms with Crippen LogP contribution < -0.4 is 0 Å². The van der Waals surface area contributed by atoms with Gasteiger partial charge in [-0.05, 0) is 23.8 Å². The fourth-order valence-electron chi connectivity index (χ4n) is 1.67. The number of rotatable bonds is 0. The Bertz CT molecular complexity index is 334. The van der Waals surface area contributed by atoms with E-state index in [1.54, 1.807) is 6.33 Å². The molecule has 0 bridgehead atoms. The highest BCUT2D eigenvalue weighted by atomic mass is 14.9. The summed E-state index contributed by atoms with van der Waals surface area (Å²) in [6.07, 6.45) is 7.27. The average Bonchev–Trinajstić information content (AvgIpc) is 2.45. The number of imidazole rings is 1. The number of nitrogens with zero attached hydrogens (tertiary/aromatic N) is 1. The maximum Gasteiger partial charge on any atom is 0.0929 e. The van der Waals surface area contributed by atoms with E-state index in [2.05, 4.69) is 42.9 Å². The van der Waals surface area contributed by atoms with Gasteiger partial charge in [0.25, 0.3) is 0 Å². The molecule has 1 unspecified atom stereocenters. The maximum atomic E-state index is 4.27. The second-order valence-corrected chi connectivity index (χ2v) is 4.53. The Labute approximate surface area is 79.1 Å². The van der Waals surface area contributed by atoms with Gasteiger partial charge in [0.15, 0.2) is 0 Å². The summed E-state index contributed by atoms with van der Waals surface area (Å²) in [5, 5.41) is 0. The van der Waals surface area contributed by atoms with Crippen LogP contribution in [0.15, 0.2) is 12.4 Å². The summed E-state index contributed by atoms with van der Waals surface area (Å²) in [5.41, 5.74) is 2.66. The molecule has 0 amide bonds. The summed E-state index contributed by atoms with van der Waals surface area (Å²) < 4.78 is 0. The summed E-state index contributed by atoms with van der Waals surface area (Å²) in [7, 11) is 0. The summed E-state index contributed by atoms with van der Waals surface area (Å²) in [6.45, 7) is 6.85. The van der Waals surface area contributed by atoms with Gasteiger partial charge in [-0.3, -0.25) is 0 Å². The Morgan fingerprint density at radius 3 is 3.08 bits per heavy atom. The van der Waals surface area contributed by atoms with Crippen LogP contribution in [0.2, 0.25) is 0 Å². The lowest BCUT2D eigenvalue weighted by Gasteiger charge is -2.26. The van der Waals surface area contributed by atoms with Crippen LogP contribution in [0.1, 0.15) is 32.2 Å². The van der Waals surface area contributed by atoms with Crippen molar-refractivity contribution in [3.63, 3.8) is 0 Å². The van der Waals surface area contributed by atoms with E-state index >= 15 is 0 Å². The third kappa shape index (κ3) is 1.41. The molecule has 2 nitrogen and oxygen atoms in total. The second-order valence-electron chi connectivity index (χ2n) is 4.53. The minimum absolute atomic E-state index is 0.279. The molecule has 0 aromatic carbocycles. The van der Waals surface area contributed by atoms with Gasteiger partial charge in [0.1, 0.15) is 0 Å². The molecule has 2 heteroatoms. The maximum absolute atomic E-state index is 4.27. The SMILES string of the molecule is CC1Cc2[nH]cnc2C=CC1(C)C. The first-order valence-corrected chi connectivity index (χ1v) is 4.81. The zero-order valence-corrected chi connectivity index (χ0v) is 8.46. The molecule has 1 aromatic rings. The van der Waals surface area contributed by atoms with Crippen molar-refractivity contribution in [2.45, 2.75) is 27.2 Å². The number of aromatic amines is 1. The molecule has 0 spiro atoms. The van der Waals surface area contributed by atoms with Crippen LogP contribution in [0, 0.1) is 11.3 Å². The topological polar surface area (TPSA) is 28.7 Å². The minimum Gasteiger partial charge on any atom is -0.348 e. The van der Waals surface area contributed by atoms with Crippen molar-refractivity contribution in [3.8, 4) is 0 Å². The van der Waals surface area contributed by atoms with E-state index in [0.717, 1.165) is 12.1 Å². The molecule has 0 aliphatic heterocycles. The van der Waals surface area contributed by atoms with Gasteiger partial charge in [0, 0.05) is 5.69 Å². The minimum atomic E-state index is 0.279. The Kier molecular flexibility index (Phi) is 1.79. The first-order valence-electron chi connectivity index (χ1n) is 4.81. The lowest BCUT2D eigenvalue weighted by Crippen LogP contribution is -2.19. The van der Waals surface area contributed by atoms with Gasteiger partial charge >= 0.3 is 0 Å². The molecule has 13 heavy (non-hydrogen) atoms. The van der Waals surface area contributed by atoms with Crippen LogP contribution in [0.25, 0.3) is 6.08 Å². The first-order chi connectivity index (χ1) is 6.09. The Morgan fingerprint density at radius 2 is 2.31 bits per heavy atom. The first kappa shape index (κ1) is 8.54. The molecule has 0 fully saturated rings. The summed E-state index contributed by atoms with van der Waals surface area (Å²) in [6, 6.07) is 0. The molecule has 0 saturated heterocycles. The van der Waals surface area contributed by atoms with E-state index in [9.17, 15) is 0 Å². The Morgan fingerprint density at radius 1 is 1.54 bits per heavy atom. The third-order valence-electron chi connectivity index (χ3n) is 3.20. The van der Waals surface area contributed by atoms with Gasteiger partial charge in [-0.2, -0.15) is 0 Å². The van der Waals surface area contributed by atoms with Crippen LogP contribution in [0.3, 0.4) is 0 Å². The lowest BCUT2D eigenvalue weighted by molar-refractivity contribution is 0.307. The van der Waals surface area contributed by atoms with Crippen LogP contribution in [-0.2, 0) is 6.42 Å². The number of aromatic nitrogens is 2. The highest BCUT2D eigenvalue weighted by Crippen LogP contribution is 2.34. The van der Waals surface area contributed by atoms with Crippen molar-refractivity contribution in [2.24, 2.45) is 11.3 Å². The molecule has 0 saturated carbocycles. The van der Waals surface area contributed by atoms with Crippen molar-refractivity contribution < 1.29 is 0 Å². The largest absolute Gasteiger partial charge is 0.348 e. The molecule has 1 aliphatic carbocycles. The number of hydrogen-bond acceptors (Lipinski definition) is 1. The van der Waals surface area contributed by atoms with E-state index in [-0.39, 0.29) is 5.41 Å². The van der Waals surface area contributed by atoms with Crippen molar-refractivity contribution in [1.29, 1.82) is 0 Å². The quantitative estimate of drug-likeness (QED) is 0.646. The van der Waals surface area contributed by atoms with Crippen molar-refractivity contribution in [2.75, 3.05) is 0 Å². The normalized spacial score (nSPS) is 25.3. The van der Waals surface area contributed by atoms with Gasteiger partial charge in [-0.15, -0.1) is 0 Å². The van der Waals surface area contributed by atoms with Gasteiger partial charge in [-0.25, -0.2) is 4.98 Å². The van der Waals surface area contributed by atoms with E-state index < -0.39 is 0 Å². The molecule has 1 aromatic heterocycles. The highest BCUT2D eigenvalue weighted by Gasteiger charge is 2.26. The molecular formula is C11H16N2. The van der Waals surface area contributed by atoms with Crippen molar-refractivity contribution >= 4 is 6.08 Å². The highest BCUT2D eigenvalue weighted by molar-refractivity contribution is 5.49. The third-order valence-corrected chi connectivity index (χ3v) is 3.20. The number of nitrogens with one attached hydrogen (secondary N) is 1. The number of fused-ring (bicyclic) bond motifs is 1. The molecule has 1 heterocycles. The van der Waals surface area contributed by atoms with Gasteiger partial charge in [-0.1, -0.05) is 26.8 Å². The predicted molar refractivity (Wildman–Crippen MR) is 54.3 cm³/mol. The Hall–Kier alpha value is -1.05. The molecule has 1 N–H and O–H groups in total. The lowest BCUT2D eigenvalue weighted by atomic mass is 9.78. The summed E-state index contributed by atoms with van der Waals surface area (Å²) in [4.78, 5) is 7.48. The van der Waals surface area contributed by atoms with Gasteiger partial charge in [0.2, 0.25) is 0 Å². The van der Waals surface area contributed by atoms with Crippen LogP contribution in [0.4, 0.5) is 0 Å². The second kappa shape index (κ2) is 2.72. The molecule has 1 aliphatic rings. The van der Waals surface area contributed by atoms with Crippen LogP contribution in [0.5, 0.6) is 0 Å². The van der Waals surface area contributed by atoms with E-state index in [4.69, 9.17) is 0 Å². The standard InChI is InChI=1S/C11H16N2/c1-8-6-10-9(12-7-13-10)4-5-11(8,2)3/h4-5,7-8H,6H2,1-3H3,(H,12,13). The van der Waals surface area contributed by atoms with E-state index in [0.29, 0.717) is 5.92 Å². The number of hydrogen-bond donors (Lipinski definition) is 1. The smallest absolute Gasteiger partial charge is 0.0929 e. The predicted octanol–water partition coefficient (Wildman–Crippen LogP) is 2.64. The summed E-state index contributed by atoms with van der Waals surface area (Å²) >= 11 is 0. The van der Waals surface area contributed by atoms with Crippen molar-refractivity contribution in [3.05, 3.63) is 23.8 Å². The number of allylic oxidation sites excluding steroid dienone is 1. The molecule has 1 atom stereocenters. The molecule has 0 radical (unpaired) electrons. The summed E-state index contributed by atoms with van der Waals surface area (Å²) in [5.74, 6) is 0.658. The fraction of sp³-hybridized carbons (Fsp3) is 0.545. The van der Waals surface area contributed by atoms with E-state index in [1.165, 1.54) is 5.69 Å². The molecule has 70 valence electrons. The van der Waals surface area contributed by atoms with Crippen LogP contribution in [-0.4, -0.2) is 9.97 Å². The number of H-pyrrole nitrogens is 1. The van der Waals surface area contributed by atoms with Gasteiger partial charge in [0.05, 0.1) is 12.0 Å². The molecule has 2 rings (SSSR count). The molecular weight excluding hydrogens is 160 g/mol. The fourth-order valence-corrected chi connectivity index (χ4v) is 1.67. The average molecular weight is 176 g/mol. The zero-order chi connectivity index (χ0) is 9.47. The van der Waals surface area contributed by atoms with E-state index in [1.807, 2.05) is 0 Å². The zero-order valence-electron chi connectivity index (χ0n) is 8.46. The monoisotopic (exact) mass is 176 g/mol. The van der Waals surface area contributed by atoms with Gasteiger partial charge < -0.3 is 4.98 Å².